The molecule has 1 aromatic carbocycles. The van der Waals surface area contributed by atoms with Crippen molar-refractivity contribution < 1.29 is 0 Å². The molecule has 0 amide bonds. The third-order valence-corrected chi connectivity index (χ3v) is 4.09. The highest BCUT2D eigenvalue weighted by atomic mass is 15.2. The lowest BCUT2D eigenvalue weighted by molar-refractivity contribution is 0.199. The first kappa shape index (κ1) is 11.0. The second-order valence-electron chi connectivity index (χ2n) is 5.26. The Morgan fingerprint density at radius 3 is 2.47 bits per heavy atom. The fourth-order valence-electron chi connectivity index (χ4n) is 2.98. The van der Waals surface area contributed by atoms with Gasteiger partial charge < -0.3 is 0 Å². The Bertz CT molecular complexity index is 402. The van der Waals surface area contributed by atoms with Crippen LogP contribution in [0, 0.1) is 5.92 Å². The van der Waals surface area contributed by atoms with Crippen LogP contribution >= 0.6 is 0 Å². The average molecular weight is 228 g/mol. The van der Waals surface area contributed by atoms with E-state index in [4.69, 9.17) is 4.99 Å². The highest BCUT2D eigenvalue weighted by Crippen LogP contribution is 2.27. The second-order valence-corrected chi connectivity index (χ2v) is 5.26. The van der Waals surface area contributed by atoms with Gasteiger partial charge in [-0.15, -0.1) is 0 Å². The number of aliphatic imine (C=N–C) groups is 1. The fourth-order valence-corrected chi connectivity index (χ4v) is 2.98. The van der Waals surface area contributed by atoms with Gasteiger partial charge in [0, 0.05) is 18.2 Å². The molecular formula is C15H20N2. The normalized spacial score (nSPS) is 31.7. The van der Waals surface area contributed by atoms with E-state index < -0.39 is 0 Å². The quantitative estimate of drug-likeness (QED) is 0.760. The maximum atomic E-state index is 4.96. The van der Waals surface area contributed by atoms with Crippen LogP contribution in [-0.2, 0) is 0 Å². The van der Waals surface area contributed by atoms with Crippen molar-refractivity contribution in [1.82, 2.24) is 4.90 Å². The Morgan fingerprint density at radius 1 is 1.18 bits per heavy atom. The molecule has 2 nitrogen and oxygen atoms in total. The van der Waals surface area contributed by atoms with Crippen molar-refractivity contribution in [3.63, 3.8) is 0 Å². The van der Waals surface area contributed by atoms with Crippen LogP contribution in [0.15, 0.2) is 35.3 Å². The molecule has 0 aromatic heterocycles. The van der Waals surface area contributed by atoms with Crippen LogP contribution in [0.5, 0.6) is 0 Å². The first-order valence-electron chi connectivity index (χ1n) is 6.67. The number of hydrogen-bond donors (Lipinski definition) is 0. The zero-order chi connectivity index (χ0) is 11.7. The zero-order valence-electron chi connectivity index (χ0n) is 10.5. The summed E-state index contributed by atoms with van der Waals surface area (Å²) in [6, 6.07) is 10.9. The van der Waals surface area contributed by atoms with Crippen molar-refractivity contribution in [2.45, 2.75) is 25.8 Å². The van der Waals surface area contributed by atoms with Crippen LogP contribution in [0.3, 0.4) is 0 Å². The molecule has 1 unspecified atom stereocenters. The van der Waals surface area contributed by atoms with Crippen LogP contribution in [0.25, 0.3) is 0 Å². The van der Waals surface area contributed by atoms with Crippen molar-refractivity contribution in [1.29, 1.82) is 0 Å². The molecule has 2 bridgehead atoms. The van der Waals surface area contributed by atoms with E-state index in [1.54, 1.807) is 0 Å². The third kappa shape index (κ3) is 2.27. The Balaban J connectivity index is 1.78. The van der Waals surface area contributed by atoms with E-state index in [9.17, 15) is 0 Å². The summed E-state index contributed by atoms with van der Waals surface area (Å²) < 4.78 is 0. The van der Waals surface area contributed by atoms with Crippen molar-refractivity contribution in [3.8, 4) is 0 Å². The lowest BCUT2D eigenvalue weighted by Gasteiger charge is -2.40. The monoisotopic (exact) mass is 228 g/mol. The molecule has 3 heterocycles. The van der Waals surface area contributed by atoms with E-state index in [-0.39, 0.29) is 0 Å². The van der Waals surface area contributed by atoms with Crippen molar-refractivity contribution in [2.75, 3.05) is 19.6 Å². The van der Waals surface area contributed by atoms with E-state index in [1.165, 1.54) is 37.2 Å². The SMILES string of the molecule is CC(N=C1CN2CCC1CC2)c1ccccc1. The van der Waals surface area contributed by atoms with Gasteiger partial charge in [-0.25, -0.2) is 0 Å². The van der Waals surface area contributed by atoms with Gasteiger partial charge in [0.2, 0.25) is 0 Å². The van der Waals surface area contributed by atoms with E-state index in [0.717, 1.165) is 12.5 Å². The van der Waals surface area contributed by atoms with Gasteiger partial charge >= 0.3 is 0 Å². The van der Waals surface area contributed by atoms with Crippen molar-refractivity contribution >= 4 is 5.71 Å². The average Bonchev–Trinajstić information content (AvgIpc) is 2.41. The lowest BCUT2D eigenvalue weighted by atomic mass is 9.86. The highest BCUT2D eigenvalue weighted by molar-refractivity contribution is 5.90. The van der Waals surface area contributed by atoms with Gasteiger partial charge in [-0.2, -0.15) is 0 Å². The molecule has 17 heavy (non-hydrogen) atoms. The molecule has 1 aromatic rings. The molecule has 0 radical (unpaired) electrons. The van der Waals surface area contributed by atoms with E-state index >= 15 is 0 Å². The standard InChI is InChI=1S/C15H20N2/c1-12(13-5-3-2-4-6-13)16-15-11-17-9-7-14(15)8-10-17/h2-6,12,14H,7-11H2,1H3. The smallest absolute Gasteiger partial charge is 0.0720 e. The van der Waals surface area contributed by atoms with Crippen molar-refractivity contribution in [3.05, 3.63) is 35.9 Å². The zero-order valence-corrected chi connectivity index (χ0v) is 10.5. The molecule has 90 valence electrons. The molecule has 2 heteroatoms. The van der Waals surface area contributed by atoms with E-state index in [2.05, 4.69) is 42.2 Å². The maximum Gasteiger partial charge on any atom is 0.0720 e. The summed E-state index contributed by atoms with van der Waals surface area (Å²) in [6.45, 7) is 5.88. The van der Waals surface area contributed by atoms with Crippen LogP contribution in [0.4, 0.5) is 0 Å². The summed E-state index contributed by atoms with van der Waals surface area (Å²) in [6.07, 6.45) is 2.64. The number of fused-ring (bicyclic) bond motifs is 3. The maximum absolute atomic E-state index is 4.96. The number of rotatable bonds is 2. The molecule has 3 aliphatic heterocycles. The number of hydrogen-bond acceptors (Lipinski definition) is 2. The van der Waals surface area contributed by atoms with Gasteiger partial charge in [0.05, 0.1) is 6.04 Å². The summed E-state index contributed by atoms with van der Waals surface area (Å²) in [5.74, 6) is 0.770. The van der Waals surface area contributed by atoms with Crippen LogP contribution in [0.1, 0.15) is 31.4 Å². The van der Waals surface area contributed by atoms with Gasteiger partial charge in [-0.3, -0.25) is 9.89 Å². The minimum absolute atomic E-state index is 0.312. The molecule has 0 N–H and O–H groups in total. The van der Waals surface area contributed by atoms with Crippen molar-refractivity contribution in [2.24, 2.45) is 10.9 Å². The minimum atomic E-state index is 0.312. The van der Waals surface area contributed by atoms with Gasteiger partial charge in [0.1, 0.15) is 0 Å². The first-order chi connectivity index (χ1) is 8.33. The lowest BCUT2D eigenvalue weighted by Crippen LogP contribution is -2.48. The van der Waals surface area contributed by atoms with Crippen LogP contribution < -0.4 is 0 Å². The minimum Gasteiger partial charge on any atom is -0.298 e. The molecule has 4 rings (SSSR count). The van der Waals surface area contributed by atoms with Gasteiger partial charge in [0.25, 0.3) is 0 Å². The topological polar surface area (TPSA) is 15.6 Å². The number of nitrogens with zero attached hydrogens (tertiary/aromatic N) is 2. The molecule has 0 saturated carbocycles. The first-order valence-corrected chi connectivity index (χ1v) is 6.67. The van der Waals surface area contributed by atoms with E-state index in [1.807, 2.05) is 0 Å². The molecule has 3 saturated heterocycles. The Labute approximate surface area is 103 Å². The van der Waals surface area contributed by atoms with Gasteiger partial charge in [-0.05, 0) is 38.4 Å². The summed E-state index contributed by atoms with van der Waals surface area (Å²) >= 11 is 0. The Kier molecular flexibility index (Phi) is 2.98. The number of piperidine rings is 3. The van der Waals surface area contributed by atoms with E-state index in [0.29, 0.717) is 6.04 Å². The predicted octanol–water partition coefficient (Wildman–Crippen LogP) is 2.91. The number of benzene rings is 1. The third-order valence-electron chi connectivity index (χ3n) is 4.09. The molecular weight excluding hydrogens is 208 g/mol. The highest BCUT2D eigenvalue weighted by Gasteiger charge is 2.30. The summed E-state index contributed by atoms with van der Waals surface area (Å²) in [5, 5.41) is 0. The van der Waals surface area contributed by atoms with Gasteiger partial charge in [-0.1, -0.05) is 30.3 Å². The predicted molar refractivity (Wildman–Crippen MR) is 71.5 cm³/mol. The molecule has 0 spiro atoms. The Hall–Kier alpha value is -1.15. The van der Waals surface area contributed by atoms with Crippen LogP contribution in [-0.4, -0.2) is 30.2 Å². The second kappa shape index (κ2) is 4.61. The van der Waals surface area contributed by atoms with Crippen LogP contribution in [0.2, 0.25) is 0 Å². The summed E-state index contributed by atoms with van der Waals surface area (Å²) in [7, 11) is 0. The molecule has 0 aliphatic carbocycles. The molecule has 1 atom stereocenters. The fraction of sp³-hybridized carbons (Fsp3) is 0.533. The summed E-state index contributed by atoms with van der Waals surface area (Å²) in [5.41, 5.74) is 2.77. The Morgan fingerprint density at radius 2 is 1.88 bits per heavy atom. The molecule has 3 fully saturated rings. The largest absolute Gasteiger partial charge is 0.298 e. The summed E-state index contributed by atoms with van der Waals surface area (Å²) in [4.78, 5) is 7.50. The van der Waals surface area contributed by atoms with Gasteiger partial charge in [0.15, 0.2) is 0 Å². The molecule has 3 aliphatic rings.